The molecule has 0 saturated carbocycles. The van der Waals surface area contributed by atoms with E-state index in [2.05, 4.69) is 44.2 Å². The molecule has 2 N–H and O–H groups in total. The first-order valence-corrected chi connectivity index (χ1v) is 9.93. The second-order valence-corrected chi connectivity index (χ2v) is 8.37. The van der Waals surface area contributed by atoms with E-state index in [9.17, 15) is 9.50 Å². The second-order valence-electron chi connectivity index (χ2n) is 8.37. The summed E-state index contributed by atoms with van der Waals surface area (Å²) in [4.78, 5) is 4.37. The van der Waals surface area contributed by atoms with Crippen LogP contribution >= 0.6 is 0 Å². The van der Waals surface area contributed by atoms with Crippen LogP contribution in [0.3, 0.4) is 0 Å². The van der Waals surface area contributed by atoms with Crippen molar-refractivity contribution in [1.82, 2.24) is 35.3 Å². The van der Waals surface area contributed by atoms with Gasteiger partial charge in [0.25, 0.3) is 0 Å². The summed E-state index contributed by atoms with van der Waals surface area (Å²) in [7, 11) is 0. The smallest absolute Gasteiger partial charge is 0.177 e. The Hall–Kier alpha value is -3.20. The number of hydrogen-bond donors (Lipinski definition) is 2. The summed E-state index contributed by atoms with van der Waals surface area (Å²) >= 11 is 0. The SMILES string of the molecule is C=C(c1ncc(-c2ccc(-n3cnnc3)cc2O)nn1)[C@H]1C[C@]2(C)CC[C@@H](N2)[C@H]1F. The standard InChI is InChI=1S/C21H22FN7O/c1-12(15-8-21(2)6-5-16(26-21)19(15)22)20-23-9-17(27-28-20)14-4-3-13(7-18(14)30)29-10-24-25-11-29/h3-4,7,9-11,15-16,19,26,30H,1,5-6,8H2,2H3/t15-,16-,19+,21+/m1/s1. The van der Waals surface area contributed by atoms with E-state index in [1.54, 1.807) is 29.4 Å². The molecule has 0 radical (unpaired) electrons. The molecule has 1 aromatic carbocycles. The van der Waals surface area contributed by atoms with Crippen molar-refractivity contribution in [1.29, 1.82) is 0 Å². The van der Waals surface area contributed by atoms with Crippen LogP contribution in [0.2, 0.25) is 0 Å². The Bertz CT molecular complexity index is 1090. The minimum Gasteiger partial charge on any atom is -0.507 e. The third kappa shape index (κ3) is 3.15. The van der Waals surface area contributed by atoms with Gasteiger partial charge >= 0.3 is 0 Å². The van der Waals surface area contributed by atoms with Crippen LogP contribution in [-0.4, -0.2) is 52.8 Å². The van der Waals surface area contributed by atoms with Gasteiger partial charge in [0, 0.05) is 29.1 Å². The van der Waals surface area contributed by atoms with Crippen molar-refractivity contribution in [3.63, 3.8) is 0 Å². The Morgan fingerprint density at radius 3 is 2.80 bits per heavy atom. The summed E-state index contributed by atoms with van der Waals surface area (Å²) < 4.78 is 16.6. The topological polar surface area (TPSA) is 102 Å². The molecule has 2 saturated heterocycles. The average molecular weight is 407 g/mol. The van der Waals surface area contributed by atoms with Gasteiger partial charge in [-0.25, -0.2) is 9.37 Å². The van der Waals surface area contributed by atoms with Crippen LogP contribution in [0.4, 0.5) is 4.39 Å². The quantitative estimate of drug-likeness (QED) is 0.686. The Balaban J connectivity index is 1.38. The molecular formula is C21H22FN7O. The summed E-state index contributed by atoms with van der Waals surface area (Å²) in [5.41, 5.74) is 2.16. The predicted octanol–water partition coefficient (Wildman–Crippen LogP) is 2.71. The fraction of sp³-hybridized carbons (Fsp3) is 0.381. The number of phenolic OH excluding ortho intramolecular Hbond substituents is 1. The number of aromatic nitrogens is 6. The van der Waals surface area contributed by atoms with Gasteiger partial charge in [0.1, 0.15) is 30.3 Å². The molecule has 0 aliphatic carbocycles. The van der Waals surface area contributed by atoms with E-state index >= 15 is 0 Å². The van der Waals surface area contributed by atoms with Crippen molar-refractivity contribution in [2.75, 3.05) is 0 Å². The average Bonchev–Trinajstić information content (AvgIpc) is 3.39. The third-order valence-electron chi connectivity index (χ3n) is 6.25. The Kier molecular flexibility index (Phi) is 4.35. The molecular weight excluding hydrogens is 385 g/mol. The van der Waals surface area contributed by atoms with Crippen LogP contribution in [0.15, 0.2) is 43.6 Å². The van der Waals surface area contributed by atoms with E-state index in [1.165, 1.54) is 6.20 Å². The van der Waals surface area contributed by atoms with Crippen molar-refractivity contribution in [2.45, 2.75) is 43.9 Å². The zero-order chi connectivity index (χ0) is 20.9. The molecule has 2 aliphatic heterocycles. The van der Waals surface area contributed by atoms with Crippen LogP contribution in [-0.2, 0) is 0 Å². The number of nitrogens with zero attached hydrogens (tertiary/aromatic N) is 6. The molecule has 3 aromatic rings. The van der Waals surface area contributed by atoms with Crippen molar-refractivity contribution in [2.24, 2.45) is 5.92 Å². The van der Waals surface area contributed by atoms with E-state index in [0.717, 1.165) is 18.5 Å². The zero-order valence-corrected chi connectivity index (χ0v) is 16.5. The van der Waals surface area contributed by atoms with Crippen LogP contribution in [0.5, 0.6) is 5.75 Å². The Morgan fingerprint density at radius 2 is 2.10 bits per heavy atom. The van der Waals surface area contributed by atoms with Gasteiger partial charge in [-0.1, -0.05) is 6.58 Å². The lowest BCUT2D eigenvalue weighted by Gasteiger charge is -2.39. The number of benzene rings is 1. The van der Waals surface area contributed by atoms with Crippen LogP contribution in [0, 0.1) is 5.92 Å². The molecule has 0 unspecified atom stereocenters. The van der Waals surface area contributed by atoms with Crippen LogP contribution in [0.25, 0.3) is 22.5 Å². The first-order chi connectivity index (χ1) is 14.4. The summed E-state index contributed by atoms with van der Waals surface area (Å²) in [6.07, 6.45) is 6.08. The lowest BCUT2D eigenvalue weighted by Crippen LogP contribution is -2.53. The molecule has 0 spiro atoms. The van der Waals surface area contributed by atoms with E-state index in [0.29, 0.717) is 29.1 Å². The predicted molar refractivity (Wildman–Crippen MR) is 108 cm³/mol. The monoisotopic (exact) mass is 407 g/mol. The van der Waals surface area contributed by atoms with E-state index in [1.807, 2.05) is 6.07 Å². The second kappa shape index (κ2) is 6.94. The fourth-order valence-corrected chi connectivity index (χ4v) is 4.60. The molecule has 2 fully saturated rings. The lowest BCUT2D eigenvalue weighted by molar-refractivity contribution is 0.135. The molecule has 4 atom stereocenters. The van der Waals surface area contributed by atoms with Gasteiger partial charge in [-0.2, -0.15) is 0 Å². The summed E-state index contributed by atoms with van der Waals surface area (Å²) in [6, 6.07) is 4.99. The molecule has 5 rings (SSSR count). The fourth-order valence-electron chi connectivity index (χ4n) is 4.60. The number of phenols is 1. The molecule has 4 heterocycles. The van der Waals surface area contributed by atoms with Crippen molar-refractivity contribution < 1.29 is 9.50 Å². The maximum atomic E-state index is 15.0. The molecule has 2 aliphatic rings. The number of alkyl halides is 1. The number of rotatable bonds is 4. The van der Waals surface area contributed by atoms with Gasteiger partial charge in [-0.15, -0.1) is 20.4 Å². The van der Waals surface area contributed by atoms with E-state index in [-0.39, 0.29) is 23.2 Å². The molecule has 2 bridgehead atoms. The highest BCUT2D eigenvalue weighted by Crippen LogP contribution is 2.44. The number of aromatic hydroxyl groups is 1. The maximum absolute atomic E-state index is 15.0. The highest BCUT2D eigenvalue weighted by molar-refractivity contribution is 5.68. The molecule has 30 heavy (non-hydrogen) atoms. The normalized spacial score (nSPS) is 27.9. The van der Waals surface area contributed by atoms with Gasteiger partial charge in [0.15, 0.2) is 5.82 Å². The maximum Gasteiger partial charge on any atom is 0.177 e. The zero-order valence-electron chi connectivity index (χ0n) is 16.5. The summed E-state index contributed by atoms with van der Waals surface area (Å²) in [5, 5.41) is 29.7. The Morgan fingerprint density at radius 1 is 1.30 bits per heavy atom. The van der Waals surface area contributed by atoms with Gasteiger partial charge in [0.05, 0.1) is 11.9 Å². The highest BCUT2D eigenvalue weighted by atomic mass is 19.1. The largest absolute Gasteiger partial charge is 0.507 e. The van der Waals surface area contributed by atoms with Crippen molar-refractivity contribution in [3.8, 4) is 22.7 Å². The molecule has 8 nitrogen and oxygen atoms in total. The lowest BCUT2D eigenvalue weighted by atomic mass is 9.79. The van der Waals surface area contributed by atoms with Crippen LogP contribution in [0.1, 0.15) is 32.0 Å². The van der Waals surface area contributed by atoms with E-state index < -0.39 is 6.17 Å². The first kappa shape index (κ1) is 18.8. The van der Waals surface area contributed by atoms with Gasteiger partial charge in [-0.05, 0) is 43.9 Å². The minimum atomic E-state index is -1.01. The molecule has 9 heteroatoms. The number of nitrogens with one attached hydrogen (secondary N) is 1. The Labute approximate surface area is 172 Å². The molecule has 0 amide bonds. The number of halogens is 1. The highest BCUT2D eigenvalue weighted by Gasteiger charge is 2.49. The minimum absolute atomic E-state index is 0.0375. The number of piperidine rings is 1. The van der Waals surface area contributed by atoms with E-state index in [4.69, 9.17) is 0 Å². The number of hydrogen-bond acceptors (Lipinski definition) is 7. The van der Waals surface area contributed by atoms with Crippen molar-refractivity contribution >= 4 is 5.57 Å². The van der Waals surface area contributed by atoms with Crippen molar-refractivity contribution in [3.05, 3.63) is 49.5 Å². The number of fused-ring (bicyclic) bond motifs is 2. The first-order valence-electron chi connectivity index (χ1n) is 9.93. The number of allylic oxidation sites excluding steroid dienone is 1. The molecule has 2 aromatic heterocycles. The van der Waals surface area contributed by atoms with Crippen LogP contribution < -0.4 is 5.32 Å². The summed E-state index contributed by atoms with van der Waals surface area (Å²) in [5.74, 6) is 0.0559. The van der Waals surface area contributed by atoms with Gasteiger partial charge < -0.3 is 10.4 Å². The van der Waals surface area contributed by atoms with Gasteiger partial charge in [0.2, 0.25) is 0 Å². The summed E-state index contributed by atoms with van der Waals surface area (Å²) in [6.45, 7) is 6.22. The van der Waals surface area contributed by atoms with Gasteiger partial charge in [-0.3, -0.25) is 4.57 Å². The molecule has 154 valence electrons. The third-order valence-corrected chi connectivity index (χ3v) is 6.25.